The number of aryl methyl sites for hydroxylation is 1. The third-order valence-corrected chi connectivity index (χ3v) is 6.71. The van der Waals surface area contributed by atoms with Crippen LogP contribution in [0, 0.1) is 6.92 Å². The molecule has 0 saturated carbocycles. The number of nitrogens with zero attached hydrogens (tertiary/aromatic N) is 1. The van der Waals surface area contributed by atoms with Crippen LogP contribution in [0.2, 0.25) is 5.02 Å². The van der Waals surface area contributed by atoms with Gasteiger partial charge in [0.2, 0.25) is 5.78 Å². The van der Waals surface area contributed by atoms with Crippen molar-refractivity contribution in [1.29, 1.82) is 0 Å². The Balaban J connectivity index is 1.35. The molecule has 0 bridgehead atoms. The number of hydrogen-bond donors (Lipinski definition) is 0. The largest absolute Gasteiger partial charge is 0.477 e. The highest BCUT2D eigenvalue weighted by molar-refractivity contribution is 6.31. The smallest absolute Gasteiger partial charge is 0.231 e. The van der Waals surface area contributed by atoms with E-state index < -0.39 is 0 Å². The molecule has 0 aliphatic carbocycles. The lowest BCUT2D eigenvalue weighted by atomic mass is 9.99. The van der Waals surface area contributed by atoms with Crippen LogP contribution in [0.5, 0.6) is 11.5 Å². The molecule has 2 aliphatic heterocycles. The van der Waals surface area contributed by atoms with E-state index in [-0.39, 0.29) is 5.78 Å². The molecule has 168 valence electrons. The highest BCUT2D eigenvalue weighted by atomic mass is 35.5. The second-order valence-corrected chi connectivity index (χ2v) is 8.98. The number of carbonyl (C=O) groups excluding carboxylic acids is 1. The van der Waals surface area contributed by atoms with E-state index in [1.54, 1.807) is 0 Å². The number of fused-ring (bicyclic) bond motifs is 2. The molecule has 3 aromatic carbocycles. The molecule has 3 aromatic rings. The number of ketones is 1. The van der Waals surface area contributed by atoms with E-state index in [0.29, 0.717) is 23.8 Å². The Kier molecular flexibility index (Phi) is 5.96. The fourth-order valence-corrected chi connectivity index (χ4v) is 4.65. The van der Waals surface area contributed by atoms with Crippen molar-refractivity contribution in [3.8, 4) is 11.5 Å². The maximum atomic E-state index is 13.1. The molecule has 5 rings (SSSR count). The van der Waals surface area contributed by atoms with Gasteiger partial charge in [-0.05, 0) is 54.7 Å². The van der Waals surface area contributed by atoms with Crippen molar-refractivity contribution in [3.63, 3.8) is 0 Å². The summed E-state index contributed by atoms with van der Waals surface area (Å²) in [5.74, 6) is 1.71. The molecule has 0 N–H and O–H groups in total. The van der Waals surface area contributed by atoms with Crippen molar-refractivity contribution in [2.45, 2.75) is 33.2 Å². The Labute approximate surface area is 199 Å². The summed E-state index contributed by atoms with van der Waals surface area (Å²) in [6.07, 6.45) is 3.64. The van der Waals surface area contributed by atoms with Crippen molar-refractivity contribution in [2.75, 3.05) is 13.3 Å². The minimum Gasteiger partial charge on any atom is -0.477 e. The van der Waals surface area contributed by atoms with Gasteiger partial charge < -0.3 is 9.47 Å². The normalized spacial score (nSPS) is 16.3. The summed E-state index contributed by atoms with van der Waals surface area (Å²) in [5, 5.41) is 0.788. The average Bonchev–Trinajstić information content (AvgIpc) is 3.14. The zero-order valence-electron chi connectivity index (χ0n) is 18.9. The fraction of sp³-hybridized carbons (Fsp3) is 0.250. The SMILES string of the molecule is CCc1ccc(/C=C2\Oc3c(cc4c(c3C)OCN(CCc3ccccc3Cl)C4)C2=O)cc1. The van der Waals surface area contributed by atoms with Gasteiger partial charge in [0.1, 0.15) is 18.2 Å². The van der Waals surface area contributed by atoms with Gasteiger partial charge in [-0.2, -0.15) is 0 Å². The van der Waals surface area contributed by atoms with Crippen molar-refractivity contribution >= 4 is 23.5 Å². The van der Waals surface area contributed by atoms with Crippen molar-refractivity contribution in [3.05, 3.63) is 98.8 Å². The minimum atomic E-state index is -0.0799. The molecule has 0 aromatic heterocycles. The monoisotopic (exact) mass is 459 g/mol. The fourth-order valence-electron chi connectivity index (χ4n) is 4.42. The summed E-state index contributed by atoms with van der Waals surface area (Å²) in [6.45, 7) is 6.13. The summed E-state index contributed by atoms with van der Waals surface area (Å²) >= 11 is 6.30. The van der Waals surface area contributed by atoms with Gasteiger partial charge in [0.15, 0.2) is 5.76 Å². The zero-order chi connectivity index (χ0) is 22.9. The topological polar surface area (TPSA) is 38.8 Å². The Morgan fingerprint density at radius 2 is 1.88 bits per heavy atom. The number of hydrogen-bond acceptors (Lipinski definition) is 4. The summed E-state index contributed by atoms with van der Waals surface area (Å²) in [5.41, 5.74) is 5.85. The van der Waals surface area contributed by atoms with E-state index in [1.807, 2.05) is 49.4 Å². The van der Waals surface area contributed by atoms with Crippen LogP contribution in [0.25, 0.3) is 6.08 Å². The predicted octanol–water partition coefficient (Wildman–Crippen LogP) is 6.22. The van der Waals surface area contributed by atoms with Gasteiger partial charge in [-0.25, -0.2) is 0 Å². The van der Waals surface area contributed by atoms with E-state index in [4.69, 9.17) is 21.1 Å². The Bertz CT molecular complexity index is 1250. The van der Waals surface area contributed by atoms with Crippen LogP contribution < -0.4 is 9.47 Å². The van der Waals surface area contributed by atoms with Gasteiger partial charge in [0, 0.05) is 29.2 Å². The van der Waals surface area contributed by atoms with Crippen molar-refractivity contribution in [2.24, 2.45) is 0 Å². The molecule has 33 heavy (non-hydrogen) atoms. The molecule has 0 fully saturated rings. The quantitative estimate of drug-likeness (QED) is 0.424. The summed E-state index contributed by atoms with van der Waals surface area (Å²) in [4.78, 5) is 15.4. The van der Waals surface area contributed by atoms with Crippen LogP contribution in [-0.4, -0.2) is 24.0 Å². The molecule has 0 saturated heterocycles. The highest BCUT2D eigenvalue weighted by Gasteiger charge is 2.33. The number of rotatable bonds is 5. The first-order valence-electron chi connectivity index (χ1n) is 11.3. The lowest BCUT2D eigenvalue weighted by molar-refractivity contribution is 0.0954. The maximum Gasteiger partial charge on any atom is 0.231 e. The molecule has 2 aliphatic rings. The Morgan fingerprint density at radius 1 is 1.09 bits per heavy atom. The average molecular weight is 460 g/mol. The molecule has 5 heteroatoms. The number of halogens is 1. The van der Waals surface area contributed by atoms with Crippen LogP contribution in [-0.2, 0) is 19.4 Å². The summed E-state index contributed by atoms with van der Waals surface area (Å²) in [7, 11) is 0. The Morgan fingerprint density at radius 3 is 2.64 bits per heavy atom. The molecule has 0 atom stereocenters. The van der Waals surface area contributed by atoms with Gasteiger partial charge in [-0.15, -0.1) is 0 Å². The minimum absolute atomic E-state index is 0.0799. The number of carbonyl (C=O) groups is 1. The Hall–Kier alpha value is -3.08. The lowest BCUT2D eigenvalue weighted by Crippen LogP contribution is -2.34. The maximum absolute atomic E-state index is 13.1. The second-order valence-electron chi connectivity index (χ2n) is 8.57. The molecular formula is C28H26ClNO3. The lowest BCUT2D eigenvalue weighted by Gasteiger charge is -2.30. The van der Waals surface area contributed by atoms with Crippen LogP contribution in [0.4, 0.5) is 0 Å². The predicted molar refractivity (Wildman–Crippen MR) is 131 cm³/mol. The van der Waals surface area contributed by atoms with Crippen LogP contribution in [0.3, 0.4) is 0 Å². The first-order valence-corrected chi connectivity index (χ1v) is 11.7. The molecule has 0 spiro atoms. The van der Waals surface area contributed by atoms with Crippen LogP contribution >= 0.6 is 11.6 Å². The van der Waals surface area contributed by atoms with Crippen LogP contribution in [0.15, 0.2) is 60.4 Å². The molecular weight excluding hydrogens is 434 g/mol. The first kappa shape index (κ1) is 21.7. The number of allylic oxidation sites excluding steroid dienone is 1. The standard InChI is InChI=1S/C28H26ClNO3/c1-3-19-8-10-20(11-9-19)14-25-26(31)23-15-22-16-30(13-12-21-6-4-5-7-24(21)29)17-32-27(22)18(2)28(23)33-25/h4-11,14-15H,3,12-13,16-17H2,1-2H3/b25-14-. The van der Waals surface area contributed by atoms with E-state index in [1.165, 1.54) is 5.56 Å². The molecule has 0 amide bonds. The van der Waals surface area contributed by atoms with Gasteiger partial charge in [0.25, 0.3) is 0 Å². The van der Waals surface area contributed by atoms with Crippen molar-refractivity contribution in [1.82, 2.24) is 4.90 Å². The van der Waals surface area contributed by atoms with Crippen molar-refractivity contribution < 1.29 is 14.3 Å². The van der Waals surface area contributed by atoms with Gasteiger partial charge >= 0.3 is 0 Å². The number of Topliss-reactive ketones (excluding diaryl/α,β-unsaturated/α-hetero) is 1. The van der Waals surface area contributed by atoms with Gasteiger partial charge in [-0.3, -0.25) is 9.69 Å². The van der Waals surface area contributed by atoms with Gasteiger partial charge in [0.05, 0.1) is 5.56 Å². The third kappa shape index (κ3) is 4.29. The molecule has 4 nitrogen and oxygen atoms in total. The van der Waals surface area contributed by atoms with Gasteiger partial charge in [-0.1, -0.05) is 61.0 Å². The number of ether oxygens (including phenoxy) is 2. The molecule has 2 heterocycles. The number of benzene rings is 3. The zero-order valence-corrected chi connectivity index (χ0v) is 19.6. The molecule has 0 radical (unpaired) electrons. The highest BCUT2D eigenvalue weighted by Crippen LogP contribution is 2.43. The summed E-state index contributed by atoms with van der Waals surface area (Å²) in [6, 6.07) is 18.0. The second kappa shape index (κ2) is 9.05. The molecule has 0 unspecified atom stereocenters. The van der Waals surface area contributed by atoms with E-state index >= 15 is 0 Å². The first-order chi connectivity index (χ1) is 16.0. The van der Waals surface area contributed by atoms with E-state index in [9.17, 15) is 4.79 Å². The van der Waals surface area contributed by atoms with Crippen LogP contribution in [0.1, 0.15) is 45.1 Å². The van der Waals surface area contributed by atoms with E-state index in [0.717, 1.165) is 59.0 Å². The summed E-state index contributed by atoms with van der Waals surface area (Å²) < 4.78 is 12.1. The third-order valence-electron chi connectivity index (χ3n) is 6.34. The van der Waals surface area contributed by atoms with E-state index in [2.05, 4.69) is 30.0 Å².